The molecule has 11 aromatic rings. The van der Waals surface area contributed by atoms with Gasteiger partial charge in [-0.15, -0.1) is 19.8 Å². The third-order valence-corrected chi connectivity index (χ3v) is 15.2. The fourth-order valence-electron chi connectivity index (χ4n) is 11.1. The van der Waals surface area contributed by atoms with Crippen molar-refractivity contribution in [1.29, 1.82) is 0 Å². The molecular formula is C69H57N13O7. The summed E-state index contributed by atoms with van der Waals surface area (Å²) in [7, 11) is 0. The zero-order valence-electron chi connectivity index (χ0n) is 47.8. The first kappa shape index (κ1) is 57.5. The minimum atomic E-state index is -2.02. The van der Waals surface area contributed by atoms with Gasteiger partial charge in [-0.25, -0.2) is 19.4 Å². The predicted octanol–water partition coefficient (Wildman–Crippen LogP) is 10.6. The summed E-state index contributed by atoms with van der Waals surface area (Å²) in [6.45, 7) is 0.128. The molecule has 89 heavy (non-hydrogen) atoms. The summed E-state index contributed by atoms with van der Waals surface area (Å²) >= 11 is 0. The Morgan fingerprint density at radius 2 is 0.831 bits per heavy atom. The molecule has 5 amide bonds. The van der Waals surface area contributed by atoms with Crippen molar-refractivity contribution in [3.05, 3.63) is 305 Å². The van der Waals surface area contributed by atoms with Gasteiger partial charge in [-0.2, -0.15) is 0 Å². The Balaban J connectivity index is 0.888. The fourth-order valence-corrected chi connectivity index (χ4v) is 11.1. The molecule has 3 heterocycles. The SMILES string of the molecule is O=C(Nc1cccc(COC(=O)NCCCC(=O)OCc2ccccc2)c1)NC1C(=O)N(c2nnn(C(c3ccccc3)(c3ccccc3)c3ccccc3)n2)c2ccccc2N(c2nnn(C(c3ccccc3)(c3ccccc3)c3ccccc3)n2)C1=O. The zero-order valence-corrected chi connectivity index (χ0v) is 47.8. The molecule has 0 aliphatic carbocycles. The number of urea groups is 1. The number of nitrogens with zero attached hydrogens (tertiary/aromatic N) is 10. The van der Waals surface area contributed by atoms with E-state index in [9.17, 15) is 14.4 Å². The van der Waals surface area contributed by atoms with E-state index in [0.29, 0.717) is 12.0 Å². The van der Waals surface area contributed by atoms with Gasteiger partial charge in [-0.1, -0.05) is 247 Å². The van der Waals surface area contributed by atoms with Crippen molar-refractivity contribution in [3.8, 4) is 0 Å². The largest absolute Gasteiger partial charge is 0.461 e. The topological polar surface area (TPSA) is 234 Å². The van der Waals surface area contributed by atoms with Crippen LogP contribution in [0.4, 0.5) is 38.5 Å². The van der Waals surface area contributed by atoms with Gasteiger partial charge in [0, 0.05) is 18.7 Å². The summed E-state index contributed by atoms with van der Waals surface area (Å²) in [5.41, 5.74) is 3.96. The highest BCUT2D eigenvalue weighted by Crippen LogP contribution is 2.44. The first-order chi connectivity index (χ1) is 43.7. The van der Waals surface area contributed by atoms with Gasteiger partial charge in [-0.05, 0) is 85.6 Å². The van der Waals surface area contributed by atoms with Gasteiger partial charge in [0.15, 0.2) is 17.1 Å². The highest BCUT2D eigenvalue weighted by Gasteiger charge is 2.48. The van der Waals surface area contributed by atoms with E-state index in [-0.39, 0.29) is 55.1 Å². The number of fused-ring (bicyclic) bond motifs is 1. The van der Waals surface area contributed by atoms with Gasteiger partial charge in [0.25, 0.3) is 23.7 Å². The number of anilines is 5. The van der Waals surface area contributed by atoms with Crippen LogP contribution in [-0.2, 0) is 48.1 Å². The molecule has 0 atom stereocenters. The van der Waals surface area contributed by atoms with Gasteiger partial charge < -0.3 is 25.4 Å². The molecule has 20 heteroatoms. The lowest BCUT2D eigenvalue weighted by molar-refractivity contribution is -0.145. The van der Waals surface area contributed by atoms with Crippen molar-refractivity contribution in [3.63, 3.8) is 0 Å². The molecule has 0 bridgehead atoms. The van der Waals surface area contributed by atoms with Crippen LogP contribution in [0, 0.1) is 0 Å². The standard InChI is InChI=1S/C69H57N13O7/c83-60(88-47-49-26-8-1-9-27-49)44-25-45-70-67(87)89-48-50-28-24-41-57(46-50)71-66(86)72-61-62(84)79(64-73-77-81(75-64)68(51-29-10-2-11-30-51,52-31-12-3-13-32-52)53-33-14-4-15-34-53)58-42-22-23-43-59(58)80(63(61)85)65-74-78-82(76-65)69(54-35-16-5-17-36-54,55-37-18-6-19-38-55)56-39-20-7-21-40-56/h1-24,26-43,46,61H,25,44-45,47-48H2,(H,70,87)(H2,71,72,86). The molecule has 0 spiro atoms. The first-order valence-corrected chi connectivity index (χ1v) is 28.7. The Labute approximate surface area is 511 Å². The van der Waals surface area contributed by atoms with Crippen molar-refractivity contribution >= 4 is 58.9 Å². The molecule has 440 valence electrons. The number of esters is 1. The molecule has 0 saturated heterocycles. The van der Waals surface area contributed by atoms with Crippen LogP contribution < -0.4 is 25.8 Å². The van der Waals surface area contributed by atoms with Crippen LogP contribution in [-0.4, -0.2) is 82.9 Å². The van der Waals surface area contributed by atoms with E-state index in [2.05, 4.69) is 26.1 Å². The number of hydrogen-bond acceptors (Lipinski definition) is 13. The third kappa shape index (κ3) is 11.8. The Bertz CT molecular complexity index is 3840. The van der Waals surface area contributed by atoms with E-state index < -0.39 is 47.0 Å². The average Bonchev–Trinajstić information content (AvgIpc) is 1.74. The zero-order chi connectivity index (χ0) is 61.0. The molecular weight excluding hydrogens is 1120 g/mol. The summed E-state index contributed by atoms with van der Waals surface area (Å²) in [4.78, 5) is 76.5. The van der Waals surface area contributed by atoms with Crippen molar-refractivity contribution < 1.29 is 33.4 Å². The number of alkyl carbamates (subject to hydrolysis) is 1. The summed E-state index contributed by atoms with van der Waals surface area (Å²) in [5.74, 6) is -2.78. The van der Waals surface area contributed by atoms with Gasteiger partial charge in [0.2, 0.25) is 0 Å². The van der Waals surface area contributed by atoms with Crippen LogP contribution in [0.5, 0.6) is 0 Å². The normalized spacial score (nSPS) is 12.6. The van der Waals surface area contributed by atoms with E-state index in [1.165, 1.54) is 9.59 Å². The Kier molecular flexibility index (Phi) is 16.9. The van der Waals surface area contributed by atoms with Crippen LogP contribution in [0.1, 0.15) is 57.3 Å². The molecule has 12 rings (SSSR count). The van der Waals surface area contributed by atoms with E-state index in [0.717, 1.165) is 48.7 Å². The maximum atomic E-state index is 15.9. The predicted molar refractivity (Wildman–Crippen MR) is 332 cm³/mol. The number of carbonyl (C=O) groups is 5. The van der Waals surface area contributed by atoms with Gasteiger partial charge in [0.1, 0.15) is 13.2 Å². The molecule has 0 saturated carbocycles. The van der Waals surface area contributed by atoms with Crippen LogP contribution in [0.3, 0.4) is 0 Å². The second kappa shape index (κ2) is 26.1. The number of para-hydroxylation sites is 2. The number of nitrogens with one attached hydrogen (secondary N) is 3. The van der Waals surface area contributed by atoms with Crippen LogP contribution in [0.15, 0.2) is 261 Å². The Morgan fingerprint density at radius 1 is 0.449 bits per heavy atom. The number of carbonyl (C=O) groups excluding carboxylic acids is 5. The van der Waals surface area contributed by atoms with Crippen LogP contribution in [0.2, 0.25) is 0 Å². The summed E-state index contributed by atoms with van der Waals surface area (Å²) in [6, 6.07) is 77.5. The molecule has 0 radical (unpaired) electrons. The monoisotopic (exact) mass is 1180 g/mol. The molecule has 2 aromatic heterocycles. The lowest BCUT2D eigenvalue weighted by Gasteiger charge is -2.34. The molecule has 1 aliphatic rings. The van der Waals surface area contributed by atoms with Gasteiger partial charge >= 0.3 is 18.1 Å². The van der Waals surface area contributed by atoms with E-state index in [1.807, 2.05) is 212 Å². The van der Waals surface area contributed by atoms with E-state index >= 15 is 9.59 Å². The number of rotatable bonds is 20. The van der Waals surface area contributed by atoms with Crippen molar-refractivity contribution in [2.75, 3.05) is 21.7 Å². The minimum absolute atomic E-state index is 0.0960. The lowest BCUT2D eigenvalue weighted by Crippen LogP contribution is -2.55. The molecule has 20 nitrogen and oxygen atoms in total. The first-order valence-electron chi connectivity index (χ1n) is 28.7. The summed E-state index contributed by atoms with van der Waals surface area (Å²) in [5, 5.41) is 37.0. The second-order valence-electron chi connectivity index (χ2n) is 20.7. The highest BCUT2D eigenvalue weighted by molar-refractivity contribution is 6.25. The van der Waals surface area contributed by atoms with Gasteiger partial charge in [-0.3, -0.25) is 14.4 Å². The quantitative estimate of drug-likeness (QED) is 0.0279. The van der Waals surface area contributed by atoms with E-state index in [1.54, 1.807) is 48.5 Å². The maximum absolute atomic E-state index is 15.9. The number of hydrogen-bond donors (Lipinski definition) is 3. The molecule has 3 N–H and O–H groups in total. The van der Waals surface area contributed by atoms with Crippen LogP contribution >= 0.6 is 0 Å². The highest BCUT2D eigenvalue weighted by atomic mass is 16.5. The minimum Gasteiger partial charge on any atom is -0.461 e. The summed E-state index contributed by atoms with van der Waals surface area (Å²) < 4.78 is 10.8. The number of ether oxygens (including phenoxy) is 2. The van der Waals surface area contributed by atoms with Crippen molar-refractivity contribution in [2.45, 2.75) is 43.2 Å². The molecule has 0 unspecified atom stereocenters. The van der Waals surface area contributed by atoms with Crippen molar-refractivity contribution in [2.24, 2.45) is 0 Å². The number of aromatic nitrogens is 8. The lowest BCUT2D eigenvalue weighted by atomic mass is 9.77. The fraction of sp³-hybridized carbons (Fsp3) is 0.116. The Hall–Kier alpha value is -11.9. The number of benzene rings is 9. The molecule has 1 aliphatic heterocycles. The van der Waals surface area contributed by atoms with E-state index in [4.69, 9.17) is 30.1 Å². The molecule has 9 aromatic carbocycles. The van der Waals surface area contributed by atoms with Crippen LogP contribution in [0.25, 0.3) is 0 Å². The Morgan fingerprint density at radius 3 is 1.26 bits per heavy atom. The number of tetrazole rings is 2. The summed E-state index contributed by atoms with van der Waals surface area (Å²) in [6.07, 6.45) is -0.300. The molecule has 0 fully saturated rings. The maximum Gasteiger partial charge on any atom is 0.407 e. The van der Waals surface area contributed by atoms with Crippen molar-refractivity contribution in [1.82, 2.24) is 51.0 Å². The van der Waals surface area contributed by atoms with Gasteiger partial charge in [0.05, 0.1) is 11.4 Å². The smallest absolute Gasteiger partial charge is 0.407 e. The second-order valence-corrected chi connectivity index (χ2v) is 20.7. The number of amides is 5. The average molecular weight is 1180 g/mol. The third-order valence-electron chi connectivity index (χ3n) is 15.2.